The zero-order valence-corrected chi connectivity index (χ0v) is 11.6. The predicted octanol–water partition coefficient (Wildman–Crippen LogP) is 4.23. The van der Waals surface area contributed by atoms with Crippen LogP contribution in [0.15, 0.2) is 11.6 Å². The maximum Gasteiger partial charge on any atom is 0.161 e. The Kier molecular flexibility index (Phi) is 3.98. The number of hydrogen-bond acceptors (Lipinski definition) is 1. The Labute approximate surface area is 100 Å². The van der Waals surface area contributed by atoms with Crippen molar-refractivity contribution < 1.29 is 4.79 Å². The molecule has 0 aliphatic heterocycles. The molecule has 1 aliphatic carbocycles. The van der Waals surface area contributed by atoms with Gasteiger partial charge in [0.05, 0.1) is 0 Å². The van der Waals surface area contributed by atoms with Gasteiger partial charge in [-0.2, -0.15) is 0 Å². The summed E-state index contributed by atoms with van der Waals surface area (Å²) in [6.07, 6.45) is 3.98. The van der Waals surface area contributed by atoms with Crippen molar-refractivity contribution in [3.05, 3.63) is 11.6 Å². The van der Waals surface area contributed by atoms with Crippen molar-refractivity contribution in [2.45, 2.75) is 54.4 Å². The highest BCUT2D eigenvalue weighted by atomic mass is 16.1. The fourth-order valence-corrected chi connectivity index (χ4v) is 2.86. The number of hydrogen-bond donors (Lipinski definition) is 0. The molecule has 1 nitrogen and oxygen atoms in total. The summed E-state index contributed by atoms with van der Waals surface area (Å²) < 4.78 is 0. The maximum atomic E-state index is 12.3. The molecule has 0 N–H and O–H groups in total. The Hall–Kier alpha value is -0.590. The predicted molar refractivity (Wildman–Crippen MR) is 69.3 cm³/mol. The van der Waals surface area contributed by atoms with Crippen LogP contribution in [0.3, 0.4) is 0 Å². The first-order valence-electron chi connectivity index (χ1n) is 6.57. The summed E-state index contributed by atoms with van der Waals surface area (Å²) in [6.45, 7) is 13.1. The molecule has 0 aromatic heterocycles. The molecule has 0 heterocycles. The molecule has 0 aromatic carbocycles. The molecule has 1 heteroatoms. The van der Waals surface area contributed by atoms with Crippen LogP contribution in [-0.2, 0) is 4.79 Å². The summed E-state index contributed by atoms with van der Waals surface area (Å²) in [5, 5.41) is 0. The fraction of sp³-hybridized carbons (Fsp3) is 0.800. The molecule has 16 heavy (non-hydrogen) atoms. The zero-order chi connectivity index (χ0) is 12.5. The van der Waals surface area contributed by atoms with Crippen molar-refractivity contribution in [3.63, 3.8) is 0 Å². The lowest BCUT2D eigenvalue weighted by molar-refractivity contribution is -0.128. The third-order valence-corrected chi connectivity index (χ3v) is 4.43. The SMILES string of the molecule is CCC1(C)C(=O)C=C(C(C)C)CC1C(C)C. The molecule has 0 saturated heterocycles. The van der Waals surface area contributed by atoms with E-state index in [0.717, 1.165) is 12.8 Å². The minimum Gasteiger partial charge on any atom is -0.294 e. The van der Waals surface area contributed by atoms with Crippen LogP contribution in [0.2, 0.25) is 0 Å². The van der Waals surface area contributed by atoms with E-state index in [0.29, 0.717) is 23.5 Å². The molecule has 0 radical (unpaired) electrons. The van der Waals surface area contributed by atoms with E-state index in [1.54, 1.807) is 0 Å². The average Bonchev–Trinajstić information content (AvgIpc) is 2.20. The topological polar surface area (TPSA) is 17.1 Å². The van der Waals surface area contributed by atoms with Gasteiger partial charge in [0.15, 0.2) is 5.78 Å². The van der Waals surface area contributed by atoms with Gasteiger partial charge in [0.2, 0.25) is 0 Å². The van der Waals surface area contributed by atoms with Gasteiger partial charge in [0.1, 0.15) is 0 Å². The smallest absolute Gasteiger partial charge is 0.161 e. The molecule has 0 spiro atoms. The van der Waals surface area contributed by atoms with Crippen molar-refractivity contribution in [1.82, 2.24) is 0 Å². The van der Waals surface area contributed by atoms with E-state index < -0.39 is 0 Å². The van der Waals surface area contributed by atoms with Gasteiger partial charge in [0.25, 0.3) is 0 Å². The molecule has 0 bridgehead atoms. The highest BCUT2D eigenvalue weighted by Gasteiger charge is 2.43. The molecule has 0 fully saturated rings. The number of allylic oxidation sites excluding steroid dienone is 2. The molecule has 1 aliphatic rings. The van der Waals surface area contributed by atoms with Crippen LogP contribution < -0.4 is 0 Å². The second-order valence-electron chi connectivity index (χ2n) is 6.06. The van der Waals surface area contributed by atoms with Gasteiger partial charge in [-0.1, -0.05) is 47.1 Å². The van der Waals surface area contributed by atoms with Gasteiger partial charge in [-0.15, -0.1) is 0 Å². The second-order valence-corrected chi connectivity index (χ2v) is 6.06. The summed E-state index contributed by atoms with van der Waals surface area (Å²) in [5.41, 5.74) is 1.21. The van der Waals surface area contributed by atoms with Crippen LogP contribution in [0.1, 0.15) is 54.4 Å². The number of carbonyl (C=O) groups is 1. The Morgan fingerprint density at radius 1 is 1.38 bits per heavy atom. The van der Waals surface area contributed by atoms with Crippen molar-refractivity contribution in [1.29, 1.82) is 0 Å². The molecule has 1 rings (SSSR count). The third kappa shape index (κ3) is 2.23. The van der Waals surface area contributed by atoms with E-state index in [9.17, 15) is 4.79 Å². The average molecular weight is 222 g/mol. The molecule has 2 atom stereocenters. The monoisotopic (exact) mass is 222 g/mol. The van der Waals surface area contributed by atoms with Crippen molar-refractivity contribution in [3.8, 4) is 0 Å². The first-order valence-corrected chi connectivity index (χ1v) is 6.57. The zero-order valence-electron chi connectivity index (χ0n) is 11.6. The molecule has 92 valence electrons. The van der Waals surface area contributed by atoms with Gasteiger partial charge in [-0.3, -0.25) is 4.79 Å². The minimum absolute atomic E-state index is 0.132. The van der Waals surface area contributed by atoms with Gasteiger partial charge in [0, 0.05) is 5.41 Å². The van der Waals surface area contributed by atoms with Crippen LogP contribution in [-0.4, -0.2) is 5.78 Å². The number of rotatable bonds is 3. The summed E-state index contributed by atoms with van der Waals surface area (Å²) in [5.74, 6) is 1.94. The van der Waals surface area contributed by atoms with E-state index in [1.807, 2.05) is 6.08 Å². The summed E-state index contributed by atoms with van der Waals surface area (Å²) in [4.78, 5) is 12.3. The second kappa shape index (κ2) is 4.73. The third-order valence-electron chi connectivity index (χ3n) is 4.43. The Morgan fingerprint density at radius 3 is 2.31 bits per heavy atom. The van der Waals surface area contributed by atoms with Crippen LogP contribution in [0.4, 0.5) is 0 Å². The van der Waals surface area contributed by atoms with E-state index in [-0.39, 0.29) is 5.41 Å². The fourth-order valence-electron chi connectivity index (χ4n) is 2.86. The lowest BCUT2D eigenvalue weighted by atomic mass is 9.61. The molecular formula is C15H26O. The first-order chi connectivity index (χ1) is 7.32. The molecule has 0 saturated carbocycles. The lowest BCUT2D eigenvalue weighted by Crippen LogP contribution is -2.41. The minimum atomic E-state index is -0.132. The Balaban J connectivity index is 3.10. The standard InChI is InChI=1S/C15H26O/c1-7-15(6)13(11(4)5)8-12(10(2)3)9-14(15)16/h9-11,13H,7-8H2,1-6H3. The molecule has 0 aromatic rings. The number of carbonyl (C=O) groups excluding carboxylic acids is 1. The van der Waals surface area contributed by atoms with Gasteiger partial charge in [-0.25, -0.2) is 0 Å². The molecule has 2 unspecified atom stereocenters. The molecule has 0 amide bonds. The van der Waals surface area contributed by atoms with Crippen molar-refractivity contribution in [2.75, 3.05) is 0 Å². The van der Waals surface area contributed by atoms with E-state index in [4.69, 9.17) is 0 Å². The largest absolute Gasteiger partial charge is 0.294 e. The van der Waals surface area contributed by atoms with E-state index in [1.165, 1.54) is 5.57 Å². The summed E-state index contributed by atoms with van der Waals surface area (Å²) in [7, 11) is 0. The maximum absolute atomic E-state index is 12.3. The van der Waals surface area contributed by atoms with Crippen LogP contribution in [0.5, 0.6) is 0 Å². The van der Waals surface area contributed by atoms with E-state index in [2.05, 4.69) is 41.5 Å². The van der Waals surface area contributed by atoms with Crippen molar-refractivity contribution in [2.24, 2.45) is 23.2 Å². The van der Waals surface area contributed by atoms with Crippen LogP contribution in [0.25, 0.3) is 0 Å². The molecular weight excluding hydrogens is 196 g/mol. The quantitative estimate of drug-likeness (QED) is 0.698. The highest BCUT2D eigenvalue weighted by Crippen LogP contribution is 2.45. The Morgan fingerprint density at radius 2 is 1.94 bits per heavy atom. The van der Waals surface area contributed by atoms with E-state index >= 15 is 0 Å². The van der Waals surface area contributed by atoms with Crippen molar-refractivity contribution >= 4 is 5.78 Å². The van der Waals surface area contributed by atoms with Gasteiger partial charge in [-0.05, 0) is 36.7 Å². The van der Waals surface area contributed by atoms with Gasteiger partial charge < -0.3 is 0 Å². The summed E-state index contributed by atoms with van der Waals surface area (Å²) >= 11 is 0. The highest BCUT2D eigenvalue weighted by molar-refractivity contribution is 5.96. The lowest BCUT2D eigenvalue weighted by Gasteiger charge is -2.42. The first kappa shape index (κ1) is 13.5. The van der Waals surface area contributed by atoms with Crippen LogP contribution >= 0.6 is 0 Å². The summed E-state index contributed by atoms with van der Waals surface area (Å²) in [6, 6.07) is 0. The van der Waals surface area contributed by atoms with Crippen LogP contribution in [0, 0.1) is 23.2 Å². The normalized spacial score (nSPS) is 31.1. The Bertz CT molecular complexity index is 299. The number of ketones is 1. The van der Waals surface area contributed by atoms with Gasteiger partial charge >= 0.3 is 0 Å².